The highest BCUT2D eigenvalue weighted by molar-refractivity contribution is 6.42. The number of rotatable bonds is 5. The van der Waals surface area contributed by atoms with Gasteiger partial charge in [0, 0.05) is 11.1 Å². The molecule has 1 aliphatic heterocycles. The quantitative estimate of drug-likeness (QED) is 0.377. The van der Waals surface area contributed by atoms with E-state index in [0.717, 1.165) is 16.4 Å². The van der Waals surface area contributed by atoms with Crippen LogP contribution in [0.1, 0.15) is 27.1 Å². The van der Waals surface area contributed by atoms with Crippen molar-refractivity contribution in [2.45, 2.75) is 6.42 Å². The number of Topliss-reactive ketones (excluding diaryl/α,β-unsaturated/α-hetero) is 1. The van der Waals surface area contributed by atoms with Gasteiger partial charge < -0.3 is 0 Å². The summed E-state index contributed by atoms with van der Waals surface area (Å²) in [5.74, 6) is -2.96. The molecule has 0 spiro atoms. The van der Waals surface area contributed by atoms with Crippen LogP contribution in [0.3, 0.4) is 0 Å². The molecular formula is C24H18Cl2N2O4. The van der Waals surface area contributed by atoms with Crippen molar-refractivity contribution in [1.29, 1.82) is 0 Å². The summed E-state index contributed by atoms with van der Waals surface area (Å²) in [5, 5.41) is 2.26. The Balaban J connectivity index is 1.51. The van der Waals surface area contributed by atoms with Crippen molar-refractivity contribution >= 4 is 46.7 Å². The predicted octanol–water partition coefficient (Wildman–Crippen LogP) is 4.04. The van der Waals surface area contributed by atoms with Crippen molar-refractivity contribution in [3.05, 3.63) is 81.9 Å². The molecule has 4 atom stereocenters. The Labute approximate surface area is 194 Å². The molecule has 0 N–H and O–H groups in total. The molecule has 8 heteroatoms. The number of hydrogen-bond donors (Lipinski definition) is 0. The highest BCUT2D eigenvalue weighted by Crippen LogP contribution is 2.52. The lowest BCUT2D eigenvalue weighted by Gasteiger charge is -2.31. The van der Waals surface area contributed by atoms with E-state index in [1.165, 1.54) is 18.2 Å². The number of hydrazine groups is 1. The molecule has 3 aliphatic rings. The molecule has 32 heavy (non-hydrogen) atoms. The summed E-state index contributed by atoms with van der Waals surface area (Å²) >= 11 is 12.1. The molecule has 2 bridgehead atoms. The first-order chi connectivity index (χ1) is 15.4. The molecular weight excluding hydrogens is 451 g/mol. The highest BCUT2D eigenvalue weighted by atomic mass is 35.5. The second kappa shape index (κ2) is 7.87. The zero-order valence-corrected chi connectivity index (χ0v) is 18.3. The molecule has 162 valence electrons. The van der Waals surface area contributed by atoms with Gasteiger partial charge in [0.15, 0.2) is 5.78 Å². The van der Waals surface area contributed by atoms with E-state index >= 15 is 0 Å². The fourth-order valence-corrected chi connectivity index (χ4v) is 5.29. The maximum absolute atomic E-state index is 13.5. The number of carbonyl (C=O) groups is 4. The van der Waals surface area contributed by atoms with Crippen LogP contribution in [0, 0.1) is 23.7 Å². The van der Waals surface area contributed by atoms with Gasteiger partial charge in [-0.25, -0.2) is 5.01 Å². The van der Waals surface area contributed by atoms with Crippen LogP contribution in [-0.2, 0) is 9.59 Å². The van der Waals surface area contributed by atoms with Crippen LogP contribution in [0.15, 0.2) is 60.7 Å². The van der Waals surface area contributed by atoms with Gasteiger partial charge in [-0.3, -0.25) is 19.2 Å². The summed E-state index contributed by atoms with van der Waals surface area (Å²) in [5.41, 5.74) is 0.500. The third kappa shape index (κ3) is 3.26. The molecule has 5 rings (SSSR count). The number of amides is 3. The molecule has 2 fully saturated rings. The number of benzene rings is 2. The Morgan fingerprint density at radius 3 is 2.09 bits per heavy atom. The van der Waals surface area contributed by atoms with E-state index in [1.54, 1.807) is 30.3 Å². The zero-order chi connectivity index (χ0) is 22.6. The van der Waals surface area contributed by atoms with Crippen molar-refractivity contribution in [1.82, 2.24) is 10.0 Å². The summed E-state index contributed by atoms with van der Waals surface area (Å²) < 4.78 is 0. The van der Waals surface area contributed by atoms with E-state index in [1.807, 2.05) is 12.2 Å². The van der Waals surface area contributed by atoms with Crippen LogP contribution in [0.4, 0.5) is 0 Å². The number of carbonyl (C=O) groups excluding carboxylic acids is 4. The molecule has 2 aromatic rings. The van der Waals surface area contributed by atoms with Crippen LogP contribution in [0.25, 0.3) is 0 Å². The van der Waals surface area contributed by atoms with Crippen molar-refractivity contribution in [3.63, 3.8) is 0 Å². The third-order valence-electron chi connectivity index (χ3n) is 6.48. The topological polar surface area (TPSA) is 74.8 Å². The Hall–Kier alpha value is -2.96. The van der Waals surface area contributed by atoms with Crippen molar-refractivity contribution in [2.75, 3.05) is 6.54 Å². The second-order valence-electron chi connectivity index (χ2n) is 8.27. The highest BCUT2D eigenvalue weighted by Gasteiger charge is 2.61. The summed E-state index contributed by atoms with van der Waals surface area (Å²) in [7, 11) is 0. The first-order valence-corrected chi connectivity index (χ1v) is 11.0. The molecule has 0 aromatic heterocycles. The lowest BCUT2D eigenvalue weighted by molar-refractivity contribution is -0.154. The van der Waals surface area contributed by atoms with Crippen molar-refractivity contribution < 1.29 is 19.2 Å². The summed E-state index contributed by atoms with van der Waals surface area (Å²) in [6, 6.07) is 12.7. The maximum Gasteiger partial charge on any atom is 0.273 e. The minimum absolute atomic E-state index is 0.0156. The third-order valence-corrected chi connectivity index (χ3v) is 7.22. The van der Waals surface area contributed by atoms with Crippen LogP contribution >= 0.6 is 23.2 Å². The van der Waals surface area contributed by atoms with Crippen LogP contribution < -0.4 is 0 Å². The molecule has 1 saturated heterocycles. The van der Waals surface area contributed by atoms with Gasteiger partial charge in [-0.1, -0.05) is 65.7 Å². The SMILES string of the molecule is O=C(CN(C(=O)c1ccc(Cl)c(Cl)c1)N1C(=O)C2C3C=CC(C3)C2C1=O)c1ccccc1. The fraction of sp³-hybridized carbons (Fsp3) is 0.250. The van der Waals surface area contributed by atoms with E-state index < -0.39 is 41.9 Å². The average molecular weight is 469 g/mol. The second-order valence-corrected chi connectivity index (χ2v) is 9.08. The molecule has 1 heterocycles. The summed E-state index contributed by atoms with van der Waals surface area (Å²) in [6.07, 6.45) is 4.71. The van der Waals surface area contributed by atoms with E-state index in [9.17, 15) is 19.2 Å². The van der Waals surface area contributed by atoms with Crippen LogP contribution in [-0.4, -0.2) is 40.1 Å². The normalized spacial score (nSPS) is 25.4. The van der Waals surface area contributed by atoms with Gasteiger partial charge in [-0.15, -0.1) is 0 Å². The summed E-state index contributed by atoms with van der Waals surface area (Å²) in [4.78, 5) is 53.1. The average Bonchev–Trinajstić information content (AvgIpc) is 3.48. The van der Waals surface area contributed by atoms with Gasteiger partial charge in [-0.2, -0.15) is 5.01 Å². The van der Waals surface area contributed by atoms with E-state index in [0.29, 0.717) is 5.56 Å². The minimum Gasteiger partial charge on any atom is -0.292 e. The zero-order valence-electron chi connectivity index (χ0n) is 16.8. The van der Waals surface area contributed by atoms with Crippen LogP contribution in [0.5, 0.6) is 0 Å². The molecule has 3 amide bonds. The largest absolute Gasteiger partial charge is 0.292 e. The number of nitrogens with zero attached hydrogens (tertiary/aromatic N) is 2. The Morgan fingerprint density at radius 2 is 1.50 bits per heavy atom. The lowest BCUT2D eigenvalue weighted by atomic mass is 9.85. The standard InChI is InChI=1S/C24H18Cl2N2O4/c25-17-9-8-16(11-18(17)26)22(30)27(12-19(29)13-4-2-1-3-5-13)28-23(31)20-14-6-7-15(10-14)21(20)24(28)32/h1-9,11,14-15,20-21H,10,12H2. The van der Waals surface area contributed by atoms with E-state index in [4.69, 9.17) is 23.2 Å². The van der Waals surface area contributed by atoms with Gasteiger partial charge in [0.05, 0.1) is 21.9 Å². The van der Waals surface area contributed by atoms with Gasteiger partial charge in [0.1, 0.15) is 6.54 Å². The number of ketones is 1. The Kier molecular flexibility index (Phi) is 5.14. The smallest absolute Gasteiger partial charge is 0.273 e. The Bertz CT molecular complexity index is 1150. The summed E-state index contributed by atoms with van der Waals surface area (Å²) in [6.45, 7) is -0.456. The molecule has 0 radical (unpaired) electrons. The number of allylic oxidation sites excluding steroid dienone is 2. The molecule has 4 unspecified atom stereocenters. The van der Waals surface area contributed by atoms with Gasteiger partial charge in [0.2, 0.25) is 0 Å². The molecule has 2 aliphatic carbocycles. The lowest BCUT2D eigenvalue weighted by Crippen LogP contribution is -2.52. The minimum atomic E-state index is -0.671. The fourth-order valence-electron chi connectivity index (χ4n) is 4.99. The first kappa shape index (κ1) is 20.9. The first-order valence-electron chi connectivity index (χ1n) is 10.3. The monoisotopic (exact) mass is 468 g/mol. The van der Waals surface area contributed by atoms with Crippen molar-refractivity contribution in [3.8, 4) is 0 Å². The van der Waals surface area contributed by atoms with Crippen molar-refractivity contribution in [2.24, 2.45) is 23.7 Å². The number of halogens is 2. The number of hydrogen-bond acceptors (Lipinski definition) is 4. The predicted molar refractivity (Wildman–Crippen MR) is 118 cm³/mol. The molecule has 1 saturated carbocycles. The van der Waals surface area contributed by atoms with Crippen LogP contribution in [0.2, 0.25) is 10.0 Å². The Morgan fingerprint density at radius 1 is 0.875 bits per heavy atom. The van der Waals surface area contributed by atoms with E-state index in [-0.39, 0.29) is 27.4 Å². The molecule has 6 nitrogen and oxygen atoms in total. The van der Waals surface area contributed by atoms with E-state index in [2.05, 4.69) is 0 Å². The number of imide groups is 1. The maximum atomic E-state index is 13.5. The number of fused-ring (bicyclic) bond motifs is 5. The van der Waals surface area contributed by atoms with Gasteiger partial charge in [-0.05, 0) is 36.5 Å². The van der Waals surface area contributed by atoms with Gasteiger partial charge in [0.25, 0.3) is 17.7 Å². The van der Waals surface area contributed by atoms with Gasteiger partial charge >= 0.3 is 0 Å². The molecule has 2 aromatic carbocycles.